The number of hydrogen-bond acceptors (Lipinski definition) is 3. The van der Waals surface area contributed by atoms with Gasteiger partial charge in [-0.2, -0.15) is 0 Å². The highest BCUT2D eigenvalue weighted by Crippen LogP contribution is 2.46. The molecule has 1 fully saturated rings. The Morgan fingerprint density at radius 3 is 2.57 bits per heavy atom. The Morgan fingerprint density at radius 2 is 1.90 bits per heavy atom. The molecule has 1 aliphatic carbocycles. The summed E-state index contributed by atoms with van der Waals surface area (Å²) < 4.78 is 47.0. The average Bonchev–Trinajstić information content (AvgIpc) is 3.04. The number of H-pyrrole nitrogens is 1. The van der Waals surface area contributed by atoms with Crippen molar-refractivity contribution in [2.24, 2.45) is 0 Å². The van der Waals surface area contributed by atoms with Gasteiger partial charge in [-0.15, -0.1) is 0 Å². The molecule has 0 saturated heterocycles. The van der Waals surface area contributed by atoms with E-state index in [0.29, 0.717) is 29.5 Å². The van der Waals surface area contributed by atoms with Gasteiger partial charge in [0, 0.05) is 11.5 Å². The van der Waals surface area contributed by atoms with E-state index in [-0.39, 0.29) is 24.1 Å². The number of amides is 1. The van der Waals surface area contributed by atoms with E-state index in [9.17, 15) is 18.0 Å². The number of ether oxygens (including phenoxy) is 1. The molecule has 1 heterocycles. The van der Waals surface area contributed by atoms with E-state index >= 15 is 0 Å². The monoisotopic (exact) mass is 418 g/mol. The van der Waals surface area contributed by atoms with Gasteiger partial charge in [0.2, 0.25) is 0 Å². The van der Waals surface area contributed by atoms with Crippen molar-refractivity contribution in [3.05, 3.63) is 59.4 Å². The molecule has 5 nitrogen and oxygen atoms in total. The predicted octanol–water partition coefficient (Wildman–Crippen LogP) is 4.61. The summed E-state index contributed by atoms with van der Waals surface area (Å²) in [6.07, 6.45) is 0.0144. The van der Waals surface area contributed by atoms with Crippen LogP contribution >= 0.6 is 0 Å². The van der Waals surface area contributed by atoms with E-state index in [2.05, 4.69) is 10.3 Å². The lowest BCUT2D eigenvalue weighted by Gasteiger charge is -2.35. The first-order chi connectivity index (χ1) is 14.4. The number of carbonyl (C=O) groups is 1. The number of alkyl carbamates (subject to hydrolysis) is 1. The largest absolute Gasteiger partial charge is 0.446 e. The number of carbonyl (C=O) groups excluding carboxylic acids is 1. The summed E-state index contributed by atoms with van der Waals surface area (Å²) in [5, 5.41) is 11.9. The number of benzene rings is 2. The zero-order chi connectivity index (χ0) is 21.4. The molecule has 0 radical (unpaired) electrons. The topological polar surface area (TPSA) is 74.3 Å². The van der Waals surface area contributed by atoms with Gasteiger partial charge in [0.1, 0.15) is 23.6 Å². The van der Waals surface area contributed by atoms with Crippen molar-refractivity contribution in [2.75, 3.05) is 6.61 Å². The standard InChI is InChI=1S/C22H21F3N2O3/c1-11(10-28)26-22(29)30-16-6-13(7-16)19-17-8-15(24)9-18(25)21(17)27-20(19)12-2-4-14(23)5-3-12/h2-5,8-9,11,13,16,27-28H,6-7,10H2,1H3,(H,26,29)/t11-,13-,16-/m0/s1. The van der Waals surface area contributed by atoms with Gasteiger partial charge >= 0.3 is 6.09 Å². The number of hydrogen-bond donors (Lipinski definition) is 3. The molecule has 30 heavy (non-hydrogen) atoms. The number of fused-ring (bicyclic) bond motifs is 1. The third-order valence-corrected chi connectivity index (χ3v) is 5.41. The number of rotatable bonds is 5. The lowest BCUT2D eigenvalue weighted by atomic mass is 9.75. The molecule has 8 heteroatoms. The summed E-state index contributed by atoms with van der Waals surface area (Å²) in [7, 11) is 0. The summed E-state index contributed by atoms with van der Waals surface area (Å²) in [5.41, 5.74) is 2.15. The summed E-state index contributed by atoms with van der Waals surface area (Å²) >= 11 is 0. The molecule has 1 aliphatic rings. The Hall–Kier alpha value is -3.00. The van der Waals surface area contributed by atoms with E-state index < -0.39 is 29.6 Å². The van der Waals surface area contributed by atoms with Gasteiger partial charge in [-0.05, 0) is 67.1 Å². The highest BCUT2D eigenvalue weighted by Gasteiger charge is 2.37. The lowest BCUT2D eigenvalue weighted by molar-refractivity contribution is 0.0370. The van der Waals surface area contributed by atoms with Gasteiger partial charge < -0.3 is 20.1 Å². The molecule has 2 aromatic carbocycles. The van der Waals surface area contributed by atoms with Gasteiger partial charge in [-0.3, -0.25) is 0 Å². The Labute approximate surface area is 170 Å². The van der Waals surface area contributed by atoms with Crippen molar-refractivity contribution in [1.82, 2.24) is 10.3 Å². The first kappa shape index (κ1) is 20.3. The Balaban J connectivity index is 1.63. The van der Waals surface area contributed by atoms with E-state index in [4.69, 9.17) is 9.84 Å². The van der Waals surface area contributed by atoms with Crippen LogP contribution in [0.4, 0.5) is 18.0 Å². The zero-order valence-corrected chi connectivity index (χ0v) is 16.2. The van der Waals surface area contributed by atoms with Gasteiger partial charge in [0.15, 0.2) is 0 Å². The molecule has 3 aromatic rings. The van der Waals surface area contributed by atoms with Crippen LogP contribution in [-0.2, 0) is 4.74 Å². The summed E-state index contributed by atoms with van der Waals surface area (Å²) in [6, 6.07) is 7.44. The van der Waals surface area contributed by atoms with E-state index in [1.165, 1.54) is 18.2 Å². The number of halogens is 3. The highest BCUT2D eigenvalue weighted by atomic mass is 19.1. The quantitative estimate of drug-likeness (QED) is 0.567. The van der Waals surface area contributed by atoms with Crippen molar-refractivity contribution >= 4 is 17.0 Å². The zero-order valence-electron chi connectivity index (χ0n) is 16.2. The minimum absolute atomic E-state index is 0.0898. The van der Waals surface area contributed by atoms with Gasteiger partial charge in [-0.25, -0.2) is 18.0 Å². The van der Waals surface area contributed by atoms with Crippen LogP contribution in [0, 0.1) is 17.5 Å². The second-order valence-corrected chi connectivity index (χ2v) is 7.65. The number of aliphatic hydroxyl groups is 1. The minimum Gasteiger partial charge on any atom is -0.446 e. The van der Waals surface area contributed by atoms with Crippen LogP contribution in [-0.4, -0.2) is 34.9 Å². The normalized spacial score (nSPS) is 19.4. The number of nitrogens with one attached hydrogen (secondary N) is 2. The maximum atomic E-state index is 14.4. The second-order valence-electron chi connectivity index (χ2n) is 7.65. The first-order valence-corrected chi connectivity index (χ1v) is 9.70. The maximum absolute atomic E-state index is 14.4. The number of aliphatic hydroxyl groups excluding tert-OH is 1. The van der Waals surface area contributed by atoms with Gasteiger partial charge in [0.25, 0.3) is 0 Å². The molecule has 1 aromatic heterocycles. The van der Waals surface area contributed by atoms with E-state index in [0.717, 1.165) is 11.6 Å². The van der Waals surface area contributed by atoms with Crippen molar-refractivity contribution < 1.29 is 27.8 Å². The van der Waals surface area contributed by atoms with Crippen molar-refractivity contribution in [2.45, 2.75) is 37.8 Å². The molecule has 1 saturated carbocycles. The molecule has 0 unspecified atom stereocenters. The SMILES string of the molecule is C[C@@H](CO)NC(=O)O[C@H]1C[C@H](c2c(-c3ccc(F)cc3)[nH]c3c(F)cc(F)cc32)C1. The van der Waals surface area contributed by atoms with Crippen molar-refractivity contribution in [3.63, 3.8) is 0 Å². The fourth-order valence-electron chi connectivity index (χ4n) is 3.84. The summed E-state index contributed by atoms with van der Waals surface area (Å²) in [5.74, 6) is -1.87. The molecule has 4 rings (SSSR count). The minimum atomic E-state index is -0.705. The Kier molecular flexibility index (Phi) is 5.42. The second kappa shape index (κ2) is 8.02. The van der Waals surface area contributed by atoms with Crippen LogP contribution in [0.5, 0.6) is 0 Å². The molecular weight excluding hydrogens is 397 g/mol. The first-order valence-electron chi connectivity index (χ1n) is 9.70. The Morgan fingerprint density at radius 1 is 1.20 bits per heavy atom. The molecule has 1 amide bonds. The third-order valence-electron chi connectivity index (χ3n) is 5.41. The maximum Gasteiger partial charge on any atom is 0.407 e. The Bertz CT molecular complexity index is 1080. The number of aromatic amines is 1. The van der Waals surface area contributed by atoms with Crippen molar-refractivity contribution in [3.8, 4) is 11.3 Å². The predicted molar refractivity (Wildman–Crippen MR) is 106 cm³/mol. The van der Waals surface area contributed by atoms with Crippen LogP contribution in [0.1, 0.15) is 31.2 Å². The average molecular weight is 418 g/mol. The molecule has 0 spiro atoms. The fraction of sp³-hybridized carbons (Fsp3) is 0.318. The van der Waals surface area contributed by atoms with E-state index in [1.54, 1.807) is 19.1 Å². The smallest absolute Gasteiger partial charge is 0.407 e. The highest BCUT2D eigenvalue weighted by molar-refractivity contribution is 5.92. The van der Waals surface area contributed by atoms with Crippen LogP contribution in [0.15, 0.2) is 36.4 Å². The summed E-state index contributed by atoms with van der Waals surface area (Å²) in [6.45, 7) is 1.45. The third kappa shape index (κ3) is 3.87. The summed E-state index contributed by atoms with van der Waals surface area (Å²) in [4.78, 5) is 14.9. The molecule has 158 valence electrons. The molecule has 0 bridgehead atoms. The van der Waals surface area contributed by atoms with Gasteiger partial charge in [-0.1, -0.05) is 0 Å². The number of aromatic nitrogens is 1. The van der Waals surface area contributed by atoms with Crippen LogP contribution in [0.3, 0.4) is 0 Å². The van der Waals surface area contributed by atoms with E-state index in [1.807, 2.05) is 0 Å². The van der Waals surface area contributed by atoms with Crippen LogP contribution < -0.4 is 5.32 Å². The van der Waals surface area contributed by atoms with Gasteiger partial charge in [0.05, 0.1) is 23.9 Å². The van der Waals surface area contributed by atoms with Crippen LogP contribution in [0.25, 0.3) is 22.2 Å². The molecule has 1 atom stereocenters. The molecular formula is C22H21F3N2O3. The fourth-order valence-corrected chi connectivity index (χ4v) is 3.84. The van der Waals surface area contributed by atoms with Crippen LogP contribution in [0.2, 0.25) is 0 Å². The molecule has 3 N–H and O–H groups in total. The molecule has 0 aliphatic heterocycles. The lowest BCUT2D eigenvalue weighted by Crippen LogP contribution is -2.40. The van der Waals surface area contributed by atoms with Crippen molar-refractivity contribution in [1.29, 1.82) is 0 Å².